The van der Waals surface area contributed by atoms with Crippen LogP contribution in [0.2, 0.25) is 0 Å². The Balaban J connectivity index is 2.20. The van der Waals surface area contributed by atoms with Crippen molar-refractivity contribution >= 4 is 32.0 Å². The standard InChI is InChI=1S/C12H19N3O4S2/c1-13-12-10(15(16)17)8-11(20-12)21(18,19)14-9-6-4-2-3-5-7-9/h8-9,13-14H,2-7H2,1H3. The quantitative estimate of drug-likeness (QED) is 0.490. The van der Waals surface area contributed by atoms with E-state index in [-0.39, 0.29) is 20.9 Å². The topological polar surface area (TPSA) is 101 Å². The van der Waals surface area contributed by atoms with Crippen LogP contribution in [0.4, 0.5) is 10.7 Å². The summed E-state index contributed by atoms with van der Waals surface area (Å²) in [5, 5.41) is 13.8. The average Bonchev–Trinajstić information content (AvgIpc) is 2.73. The van der Waals surface area contributed by atoms with E-state index in [2.05, 4.69) is 10.0 Å². The van der Waals surface area contributed by atoms with Gasteiger partial charge in [-0.1, -0.05) is 37.0 Å². The molecule has 0 saturated heterocycles. The summed E-state index contributed by atoms with van der Waals surface area (Å²) in [4.78, 5) is 10.3. The predicted molar refractivity (Wildman–Crippen MR) is 82.3 cm³/mol. The van der Waals surface area contributed by atoms with Crippen molar-refractivity contribution < 1.29 is 13.3 Å². The van der Waals surface area contributed by atoms with Gasteiger partial charge in [-0.2, -0.15) is 0 Å². The highest BCUT2D eigenvalue weighted by Crippen LogP contribution is 2.36. The molecule has 0 bridgehead atoms. The van der Waals surface area contributed by atoms with Crippen molar-refractivity contribution in [2.45, 2.75) is 48.8 Å². The van der Waals surface area contributed by atoms with Gasteiger partial charge in [0.2, 0.25) is 0 Å². The zero-order chi connectivity index (χ0) is 15.5. The number of thiophene rings is 1. The lowest BCUT2D eigenvalue weighted by Crippen LogP contribution is -2.33. The maximum atomic E-state index is 12.4. The molecule has 7 nitrogen and oxygen atoms in total. The molecule has 0 radical (unpaired) electrons. The molecular weight excluding hydrogens is 314 g/mol. The number of nitro groups is 1. The van der Waals surface area contributed by atoms with E-state index in [0.717, 1.165) is 55.9 Å². The lowest BCUT2D eigenvalue weighted by molar-refractivity contribution is -0.383. The van der Waals surface area contributed by atoms with Gasteiger partial charge in [-0.25, -0.2) is 13.1 Å². The molecule has 1 aromatic rings. The van der Waals surface area contributed by atoms with Crippen LogP contribution in [0.3, 0.4) is 0 Å². The van der Waals surface area contributed by atoms with Gasteiger partial charge in [0.15, 0.2) is 5.00 Å². The minimum absolute atomic E-state index is 0.0113. The van der Waals surface area contributed by atoms with Crippen LogP contribution in [0.5, 0.6) is 0 Å². The highest BCUT2D eigenvalue weighted by atomic mass is 32.2. The van der Waals surface area contributed by atoms with Crippen molar-refractivity contribution in [3.8, 4) is 0 Å². The highest BCUT2D eigenvalue weighted by Gasteiger charge is 2.27. The molecule has 0 atom stereocenters. The molecule has 0 unspecified atom stereocenters. The fourth-order valence-corrected chi connectivity index (χ4v) is 5.08. The van der Waals surface area contributed by atoms with Crippen molar-refractivity contribution in [3.63, 3.8) is 0 Å². The summed E-state index contributed by atoms with van der Waals surface area (Å²) in [5.74, 6) is 0. The molecule has 1 saturated carbocycles. The third-order valence-corrected chi connectivity index (χ3v) is 6.69. The third-order valence-electron chi connectivity index (χ3n) is 3.56. The molecule has 0 aliphatic heterocycles. The van der Waals surface area contributed by atoms with Crippen LogP contribution < -0.4 is 10.0 Å². The van der Waals surface area contributed by atoms with E-state index in [1.165, 1.54) is 7.05 Å². The summed E-state index contributed by atoms with van der Waals surface area (Å²) >= 11 is 0.885. The van der Waals surface area contributed by atoms with Crippen LogP contribution in [0.15, 0.2) is 10.3 Å². The predicted octanol–water partition coefficient (Wildman–Crippen LogP) is 2.70. The van der Waals surface area contributed by atoms with Gasteiger partial charge in [-0.3, -0.25) is 10.1 Å². The van der Waals surface area contributed by atoms with Gasteiger partial charge in [0.05, 0.1) is 4.92 Å². The minimum Gasteiger partial charge on any atom is -0.374 e. The summed E-state index contributed by atoms with van der Waals surface area (Å²) < 4.78 is 27.4. The third kappa shape index (κ3) is 3.92. The van der Waals surface area contributed by atoms with Crippen LogP contribution in [-0.4, -0.2) is 26.4 Å². The number of hydrogen-bond acceptors (Lipinski definition) is 6. The number of nitrogens with one attached hydrogen (secondary N) is 2. The van der Waals surface area contributed by atoms with E-state index in [0.29, 0.717) is 0 Å². The van der Waals surface area contributed by atoms with Crippen LogP contribution in [-0.2, 0) is 10.0 Å². The molecule has 1 aliphatic rings. The van der Waals surface area contributed by atoms with Crippen molar-refractivity contribution in [3.05, 3.63) is 16.2 Å². The molecule has 21 heavy (non-hydrogen) atoms. The van der Waals surface area contributed by atoms with E-state index >= 15 is 0 Å². The zero-order valence-corrected chi connectivity index (χ0v) is 13.4. The highest BCUT2D eigenvalue weighted by molar-refractivity contribution is 7.91. The van der Waals surface area contributed by atoms with Crippen molar-refractivity contribution in [2.24, 2.45) is 0 Å². The Morgan fingerprint density at radius 1 is 1.29 bits per heavy atom. The number of hydrogen-bond donors (Lipinski definition) is 2. The Morgan fingerprint density at radius 2 is 1.90 bits per heavy atom. The van der Waals surface area contributed by atoms with Gasteiger partial charge in [-0.15, -0.1) is 0 Å². The fourth-order valence-electron chi connectivity index (χ4n) is 2.48. The van der Waals surface area contributed by atoms with Gasteiger partial charge in [0, 0.05) is 19.2 Å². The summed E-state index contributed by atoms with van der Waals surface area (Å²) in [6.45, 7) is 0. The van der Waals surface area contributed by atoms with E-state index in [1.807, 2.05) is 0 Å². The Hall–Kier alpha value is -1.19. The van der Waals surface area contributed by atoms with Crippen LogP contribution in [0.25, 0.3) is 0 Å². The summed E-state index contributed by atoms with van der Waals surface area (Å²) in [5.41, 5.74) is -0.205. The second-order valence-corrected chi connectivity index (χ2v) is 8.09. The number of sulfonamides is 1. The van der Waals surface area contributed by atoms with E-state index in [1.54, 1.807) is 0 Å². The van der Waals surface area contributed by atoms with E-state index < -0.39 is 14.9 Å². The van der Waals surface area contributed by atoms with Crippen molar-refractivity contribution in [1.82, 2.24) is 4.72 Å². The molecule has 9 heteroatoms. The first-order valence-corrected chi connectivity index (χ1v) is 9.22. The Morgan fingerprint density at radius 3 is 2.38 bits per heavy atom. The lowest BCUT2D eigenvalue weighted by Gasteiger charge is -2.15. The van der Waals surface area contributed by atoms with Gasteiger partial charge in [-0.05, 0) is 12.8 Å². The second kappa shape index (κ2) is 6.71. The molecule has 0 amide bonds. The van der Waals surface area contributed by atoms with Crippen LogP contribution in [0, 0.1) is 10.1 Å². The molecule has 0 spiro atoms. The Labute approximate surface area is 127 Å². The Kier molecular flexibility index (Phi) is 5.17. The first-order chi connectivity index (χ1) is 9.94. The lowest BCUT2D eigenvalue weighted by atomic mass is 10.1. The molecule has 1 heterocycles. The molecule has 118 valence electrons. The SMILES string of the molecule is CNc1sc(S(=O)(=O)NC2CCCCCC2)cc1[N+](=O)[O-]. The summed E-state index contributed by atoms with van der Waals surface area (Å²) in [6.07, 6.45) is 5.94. The monoisotopic (exact) mass is 333 g/mol. The van der Waals surface area contributed by atoms with Gasteiger partial charge in [0.25, 0.3) is 10.0 Å². The van der Waals surface area contributed by atoms with Gasteiger partial charge < -0.3 is 5.32 Å². The summed E-state index contributed by atoms with van der Waals surface area (Å²) in [6, 6.07) is 1.05. The first-order valence-electron chi connectivity index (χ1n) is 6.92. The number of nitrogens with zero attached hydrogens (tertiary/aromatic N) is 1. The van der Waals surface area contributed by atoms with E-state index in [9.17, 15) is 18.5 Å². The smallest absolute Gasteiger partial charge is 0.304 e. The number of rotatable bonds is 5. The maximum Gasteiger partial charge on any atom is 0.304 e. The number of anilines is 1. The molecular formula is C12H19N3O4S2. The van der Waals surface area contributed by atoms with Crippen LogP contribution in [0.1, 0.15) is 38.5 Å². The molecule has 0 aromatic carbocycles. The summed E-state index contributed by atoms with van der Waals surface area (Å²) in [7, 11) is -2.16. The zero-order valence-electron chi connectivity index (χ0n) is 11.8. The normalized spacial score (nSPS) is 17.4. The van der Waals surface area contributed by atoms with Gasteiger partial charge >= 0.3 is 5.69 Å². The fraction of sp³-hybridized carbons (Fsp3) is 0.667. The van der Waals surface area contributed by atoms with Crippen LogP contribution >= 0.6 is 11.3 Å². The largest absolute Gasteiger partial charge is 0.374 e. The van der Waals surface area contributed by atoms with Gasteiger partial charge in [0.1, 0.15) is 4.21 Å². The molecule has 1 aromatic heterocycles. The minimum atomic E-state index is -3.70. The molecule has 2 rings (SSSR count). The molecule has 2 N–H and O–H groups in total. The first kappa shape index (κ1) is 16.2. The maximum absolute atomic E-state index is 12.4. The molecule has 1 fully saturated rings. The Bertz CT molecular complexity index is 604. The van der Waals surface area contributed by atoms with Crippen molar-refractivity contribution in [2.75, 3.05) is 12.4 Å². The molecule has 1 aliphatic carbocycles. The average molecular weight is 333 g/mol. The van der Waals surface area contributed by atoms with E-state index in [4.69, 9.17) is 0 Å². The second-order valence-electron chi connectivity index (χ2n) is 5.10. The van der Waals surface area contributed by atoms with Crippen molar-refractivity contribution in [1.29, 1.82) is 0 Å².